The van der Waals surface area contributed by atoms with Crippen molar-refractivity contribution in [1.82, 2.24) is 15.8 Å². The van der Waals surface area contributed by atoms with E-state index >= 15 is 0 Å². The molecule has 0 aliphatic carbocycles. The van der Waals surface area contributed by atoms with Crippen molar-refractivity contribution in [2.45, 2.75) is 65.6 Å². The van der Waals surface area contributed by atoms with Gasteiger partial charge in [0.25, 0.3) is 0 Å². The Morgan fingerprint density at radius 2 is 1.66 bits per heavy atom. The second kappa shape index (κ2) is 16.0. The molecule has 2 amide bonds. The first-order valence-electron chi connectivity index (χ1n) is 13.5. The molecule has 10 heteroatoms. The van der Waals surface area contributed by atoms with Gasteiger partial charge in [0.1, 0.15) is 4.75 Å². The maximum absolute atomic E-state index is 14.4. The fraction of sp³-hybridized carbons (Fsp3) is 0.643. The third-order valence-electron chi connectivity index (χ3n) is 6.97. The van der Waals surface area contributed by atoms with Gasteiger partial charge in [-0.2, -0.15) is 0 Å². The predicted molar refractivity (Wildman–Crippen MR) is 153 cm³/mol. The van der Waals surface area contributed by atoms with E-state index in [1.54, 1.807) is 17.6 Å². The molecule has 0 heterocycles. The van der Waals surface area contributed by atoms with Crippen molar-refractivity contribution in [3.8, 4) is 0 Å². The summed E-state index contributed by atoms with van der Waals surface area (Å²) in [7, 11) is -4.04. The van der Waals surface area contributed by atoms with Gasteiger partial charge in [0.2, 0.25) is 11.8 Å². The maximum Gasteiger partial charge on any atom is 0.249 e. The maximum atomic E-state index is 14.4. The third-order valence-corrected chi connectivity index (χ3v) is 9.51. The number of nitrogens with zero attached hydrogens (tertiary/aromatic N) is 1. The Labute approximate surface area is 229 Å². The van der Waals surface area contributed by atoms with Crippen molar-refractivity contribution in [3.05, 3.63) is 42.0 Å². The van der Waals surface area contributed by atoms with E-state index in [4.69, 9.17) is 5.84 Å². The van der Waals surface area contributed by atoms with Gasteiger partial charge in [-0.25, -0.2) is 19.7 Å². The minimum atomic E-state index is -4.04. The molecular formula is C28H48N4O5S. The third kappa shape index (κ3) is 9.18. The molecule has 0 radical (unpaired) electrons. The van der Waals surface area contributed by atoms with Gasteiger partial charge in [0.05, 0.1) is 17.6 Å². The summed E-state index contributed by atoms with van der Waals surface area (Å²) in [5.41, 5.74) is 4.56. The predicted octanol–water partition coefficient (Wildman–Crippen LogP) is 3.41. The van der Waals surface area contributed by atoms with E-state index in [1.807, 2.05) is 71.9 Å². The monoisotopic (exact) mass is 552 g/mol. The summed E-state index contributed by atoms with van der Waals surface area (Å²) in [6.07, 6.45) is 3.90. The number of carbonyl (C=O) groups excluding carboxylic acids is 2. The van der Waals surface area contributed by atoms with Gasteiger partial charge in [0.15, 0.2) is 9.84 Å². The molecule has 1 aromatic rings. The Hall–Kier alpha value is -2.27. The largest absolute Gasteiger partial charge is 0.304 e. The fourth-order valence-corrected chi connectivity index (χ4v) is 7.60. The number of benzene rings is 1. The van der Waals surface area contributed by atoms with Gasteiger partial charge in [0, 0.05) is 0 Å². The molecule has 0 bridgehead atoms. The van der Waals surface area contributed by atoms with E-state index < -0.39 is 38.2 Å². The number of carbonyl (C=O) groups is 2. The van der Waals surface area contributed by atoms with Gasteiger partial charge in [-0.05, 0) is 56.3 Å². The molecule has 1 aromatic carbocycles. The van der Waals surface area contributed by atoms with Gasteiger partial charge < -0.3 is 4.90 Å². The van der Waals surface area contributed by atoms with Crippen molar-refractivity contribution in [2.75, 3.05) is 25.4 Å². The highest BCUT2D eigenvalue weighted by atomic mass is 32.2. The number of rotatable bonds is 17. The van der Waals surface area contributed by atoms with E-state index in [1.165, 1.54) is 0 Å². The highest BCUT2D eigenvalue weighted by molar-refractivity contribution is 7.93. The van der Waals surface area contributed by atoms with Crippen LogP contribution in [-0.2, 0) is 19.4 Å². The Morgan fingerprint density at radius 1 is 1.05 bits per heavy atom. The SMILES string of the molecule is CCN(CC)CCCS(=O)(=O)C(/C=C/c1ccccc1)(CC(C)C)[C@H](C(=O)NO)[C@@H](CC(C)C)C(=O)NN. The summed E-state index contributed by atoms with van der Waals surface area (Å²) in [4.78, 5) is 28.7. The van der Waals surface area contributed by atoms with Crippen molar-refractivity contribution >= 4 is 27.7 Å². The van der Waals surface area contributed by atoms with Crippen LogP contribution in [0.4, 0.5) is 0 Å². The minimum absolute atomic E-state index is 0.0495. The first-order valence-corrected chi connectivity index (χ1v) is 15.2. The van der Waals surface area contributed by atoms with Crippen molar-refractivity contribution in [3.63, 3.8) is 0 Å². The fourth-order valence-electron chi connectivity index (χ4n) is 5.19. The van der Waals surface area contributed by atoms with Crippen molar-refractivity contribution in [1.29, 1.82) is 0 Å². The van der Waals surface area contributed by atoms with Crippen LogP contribution in [0.15, 0.2) is 36.4 Å². The van der Waals surface area contributed by atoms with Gasteiger partial charge in [-0.15, -0.1) is 0 Å². The number of hydroxylamine groups is 1. The lowest BCUT2D eigenvalue weighted by molar-refractivity contribution is -0.142. The van der Waals surface area contributed by atoms with Crippen molar-refractivity contribution in [2.24, 2.45) is 29.5 Å². The first-order chi connectivity index (χ1) is 17.9. The second-order valence-corrected chi connectivity index (χ2v) is 13.1. The number of amides is 2. The molecule has 0 aliphatic heterocycles. The molecule has 9 nitrogen and oxygen atoms in total. The second-order valence-electron chi connectivity index (χ2n) is 10.7. The van der Waals surface area contributed by atoms with Gasteiger partial charge in [-0.3, -0.25) is 20.2 Å². The summed E-state index contributed by atoms with van der Waals surface area (Å²) in [6, 6.07) is 9.20. The number of sulfone groups is 1. The van der Waals surface area contributed by atoms with Gasteiger partial charge in [-0.1, -0.05) is 84.0 Å². The zero-order chi connectivity index (χ0) is 28.9. The molecule has 5 N–H and O–H groups in total. The summed E-state index contributed by atoms with van der Waals surface area (Å²) >= 11 is 0. The molecule has 0 fully saturated rings. The lowest BCUT2D eigenvalue weighted by Gasteiger charge is -2.41. The molecule has 1 unspecified atom stereocenters. The molecule has 3 atom stereocenters. The lowest BCUT2D eigenvalue weighted by Crippen LogP contribution is -2.58. The molecule has 0 spiro atoms. The number of nitrogens with two attached hydrogens (primary N) is 1. The van der Waals surface area contributed by atoms with E-state index in [0.29, 0.717) is 13.0 Å². The van der Waals surface area contributed by atoms with Crippen LogP contribution >= 0.6 is 0 Å². The molecule has 0 saturated carbocycles. The number of hydrogen-bond donors (Lipinski definition) is 4. The quantitative estimate of drug-likeness (QED) is 0.100. The number of hydrogen-bond acceptors (Lipinski definition) is 7. The van der Waals surface area contributed by atoms with E-state index in [2.05, 4.69) is 10.3 Å². The van der Waals surface area contributed by atoms with Crippen LogP contribution in [0.25, 0.3) is 6.08 Å². The number of hydrazine groups is 1. The van der Waals surface area contributed by atoms with Crippen LogP contribution < -0.4 is 16.7 Å². The number of nitrogens with one attached hydrogen (secondary N) is 2. The summed E-state index contributed by atoms with van der Waals surface area (Å²) in [5, 5.41) is 9.82. The Kier molecular flexibility index (Phi) is 14.2. The summed E-state index contributed by atoms with van der Waals surface area (Å²) < 4.78 is 27.1. The molecule has 0 aliphatic rings. The van der Waals surface area contributed by atoms with Crippen LogP contribution in [0.5, 0.6) is 0 Å². The van der Waals surface area contributed by atoms with E-state index in [0.717, 1.165) is 18.7 Å². The standard InChI is InChI=1S/C28H48N4O5S/c1-7-32(8-2)17-12-18-38(36,37)28(20-22(5)6,16-15-23-13-10-9-11-14-23)25(27(34)31-35)24(19-21(3)4)26(33)30-29/h9-11,13-16,21-22,24-25,35H,7-8,12,17-20,29H2,1-6H3,(H,30,33)(H,31,34)/b16-15+/t24-,25+,28?/m1/s1. The van der Waals surface area contributed by atoms with Crippen LogP contribution in [0, 0.1) is 23.7 Å². The Morgan fingerprint density at radius 3 is 2.13 bits per heavy atom. The average Bonchev–Trinajstić information content (AvgIpc) is 2.88. The van der Waals surface area contributed by atoms with Crippen LogP contribution in [-0.4, -0.2) is 60.5 Å². The van der Waals surface area contributed by atoms with E-state index in [-0.39, 0.29) is 30.4 Å². The topological polar surface area (TPSA) is 142 Å². The summed E-state index contributed by atoms with van der Waals surface area (Å²) in [6.45, 7) is 13.7. The lowest BCUT2D eigenvalue weighted by atomic mass is 9.72. The Balaban J connectivity index is 3.92. The molecule has 0 saturated heterocycles. The Bertz CT molecular complexity index is 994. The van der Waals surface area contributed by atoms with Gasteiger partial charge >= 0.3 is 0 Å². The van der Waals surface area contributed by atoms with E-state index in [9.17, 15) is 23.2 Å². The highest BCUT2D eigenvalue weighted by Crippen LogP contribution is 2.43. The molecule has 1 rings (SSSR count). The average molecular weight is 553 g/mol. The van der Waals surface area contributed by atoms with Crippen molar-refractivity contribution < 1.29 is 23.2 Å². The molecular weight excluding hydrogens is 504 g/mol. The molecule has 216 valence electrons. The van der Waals surface area contributed by atoms with Crippen LogP contribution in [0.3, 0.4) is 0 Å². The summed E-state index contributed by atoms with van der Waals surface area (Å²) in [5.74, 6) is 1.06. The smallest absolute Gasteiger partial charge is 0.249 e. The first kappa shape index (κ1) is 33.8. The van der Waals surface area contributed by atoms with Crippen LogP contribution in [0.2, 0.25) is 0 Å². The zero-order valence-corrected chi connectivity index (χ0v) is 24.6. The highest BCUT2D eigenvalue weighted by Gasteiger charge is 2.55. The molecule has 38 heavy (non-hydrogen) atoms. The minimum Gasteiger partial charge on any atom is -0.304 e. The normalized spacial score (nSPS) is 15.6. The zero-order valence-electron chi connectivity index (χ0n) is 23.8. The molecule has 0 aromatic heterocycles. The van der Waals surface area contributed by atoms with Crippen LogP contribution in [0.1, 0.15) is 66.4 Å².